The Bertz CT molecular complexity index is 1100. The predicted octanol–water partition coefficient (Wildman–Crippen LogP) is 1.74. The second-order valence-electron chi connectivity index (χ2n) is 8.67. The Kier molecular flexibility index (Phi) is 5.79. The van der Waals surface area contributed by atoms with E-state index in [0.717, 1.165) is 24.4 Å². The van der Waals surface area contributed by atoms with Gasteiger partial charge < -0.3 is 20.2 Å². The highest BCUT2D eigenvalue weighted by Gasteiger charge is 2.45. The van der Waals surface area contributed by atoms with E-state index in [1.165, 1.54) is 10.2 Å². The molecule has 6 atom stereocenters. The third kappa shape index (κ3) is 3.75. The number of thioether (sulfide) groups is 1. The summed E-state index contributed by atoms with van der Waals surface area (Å²) in [6, 6.07) is 10.2. The maximum atomic E-state index is 10.4. The molecule has 170 valence electrons. The highest BCUT2D eigenvalue weighted by atomic mass is 32.2. The summed E-state index contributed by atoms with van der Waals surface area (Å²) in [6.07, 6.45) is -1.14. The van der Waals surface area contributed by atoms with Crippen molar-refractivity contribution in [2.24, 2.45) is 0 Å². The Morgan fingerprint density at radius 2 is 1.88 bits per heavy atom. The monoisotopic (exact) mass is 456 g/mol. The molecule has 3 N–H and O–H groups in total. The summed E-state index contributed by atoms with van der Waals surface area (Å²) < 4.78 is 1.54. The first kappa shape index (κ1) is 21.6. The molecule has 3 aromatic rings. The summed E-state index contributed by atoms with van der Waals surface area (Å²) in [5, 5.41) is 39.8. The fraction of sp³-hybridized carbons (Fsp3) is 0.545. The van der Waals surface area contributed by atoms with Crippen LogP contribution in [0.15, 0.2) is 35.5 Å². The van der Waals surface area contributed by atoms with Gasteiger partial charge in [0, 0.05) is 31.2 Å². The second-order valence-corrected chi connectivity index (χ2v) is 9.73. The second kappa shape index (κ2) is 8.58. The van der Waals surface area contributed by atoms with Crippen molar-refractivity contribution >= 4 is 28.7 Å². The van der Waals surface area contributed by atoms with E-state index < -0.39 is 24.4 Å². The van der Waals surface area contributed by atoms with Crippen LogP contribution in [0.3, 0.4) is 0 Å². The molecule has 5 rings (SSSR count). The van der Waals surface area contributed by atoms with E-state index in [2.05, 4.69) is 46.4 Å². The van der Waals surface area contributed by atoms with Crippen LogP contribution in [0.1, 0.15) is 43.7 Å². The fourth-order valence-corrected chi connectivity index (χ4v) is 5.26. The van der Waals surface area contributed by atoms with E-state index in [1.807, 2.05) is 13.1 Å². The molecule has 2 fully saturated rings. The highest BCUT2D eigenvalue weighted by Crippen LogP contribution is 2.46. The molecule has 0 radical (unpaired) electrons. The summed E-state index contributed by atoms with van der Waals surface area (Å²) >= 11 is 1.57. The number of benzene rings is 1. The summed E-state index contributed by atoms with van der Waals surface area (Å²) in [4.78, 5) is 11.7. The predicted molar refractivity (Wildman–Crippen MR) is 122 cm³/mol. The molecule has 0 amide bonds. The molecule has 2 unspecified atom stereocenters. The average Bonchev–Trinajstić information content (AvgIpc) is 3.45. The number of rotatable bonds is 7. The molecule has 0 saturated heterocycles. The zero-order valence-corrected chi connectivity index (χ0v) is 18.9. The average molecular weight is 457 g/mol. The van der Waals surface area contributed by atoms with E-state index in [9.17, 15) is 15.3 Å². The van der Waals surface area contributed by atoms with Crippen LogP contribution in [0.25, 0.3) is 11.2 Å². The van der Waals surface area contributed by atoms with Crippen LogP contribution in [0.2, 0.25) is 0 Å². The van der Waals surface area contributed by atoms with Gasteiger partial charge in [-0.3, -0.25) is 0 Å². The number of hydrogen-bond donors (Lipinski definition) is 3. The van der Waals surface area contributed by atoms with Crippen LogP contribution in [0.4, 0.5) is 5.82 Å². The SMILES string of the molecule is CCCSc1nc(N(C)C2CC2c2ccccc2)c2nnn([C@H]3C[C@@H](O)[C@H](O)[C@@H]3O)c2n1. The van der Waals surface area contributed by atoms with Gasteiger partial charge in [-0.15, -0.1) is 5.10 Å². The molecule has 2 aromatic heterocycles. The first-order valence-electron chi connectivity index (χ1n) is 11.1. The smallest absolute Gasteiger partial charge is 0.191 e. The number of aromatic nitrogens is 5. The highest BCUT2D eigenvalue weighted by molar-refractivity contribution is 7.99. The molecular formula is C22H28N6O3S. The van der Waals surface area contributed by atoms with Crippen molar-refractivity contribution in [3.63, 3.8) is 0 Å². The Morgan fingerprint density at radius 1 is 1.09 bits per heavy atom. The van der Waals surface area contributed by atoms with Crippen LogP contribution in [-0.4, -0.2) is 77.4 Å². The third-order valence-electron chi connectivity index (χ3n) is 6.47. The lowest BCUT2D eigenvalue weighted by molar-refractivity contribution is -0.0253. The van der Waals surface area contributed by atoms with Crippen molar-refractivity contribution in [1.82, 2.24) is 25.0 Å². The van der Waals surface area contributed by atoms with E-state index in [0.29, 0.717) is 28.3 Å². The van der Waals surface area contributed by atoms with E-state index >= 15 is 0 Å². The molecule has 0 spiro atoms. The van der Waals surface area contributed by atoms with Gasteiger partial charge in [0.2, 0.25) is 0 Å². The number of likely N-dealkylation sites (N-methyl/N-ethyl adjacent to an activating group) is 1. The van der Waals surface area contributed by atoms with Crippen LogP contribution in [-0.2, 0) is 0 Å². The third-order valence-corrected chi connectivity index (χ3v) is 7.52. The van der Waals surface area contributed by atoms with Crippen LogP contribution in [0, 0.1) is 0 Å². The molecule has 2 aliphatic rings. The van der Waals surface area contributed by atoms with E-state index in [4.69, 9.17) is 9.97 Å². The summed E-state index contributed by atoms with van der Waals surface area (Å²) in [6.45, 7) is 2.11. The summed E-state index contributed by atoms with van der Waals surface area (Å²) in [5.41, 5.74) is 2.40. The number of nitrogens with zero attached hydrogens (tertiary/aromatic N) is 6. The van der Waals surface area contributed by atoms with Gasteiger partial charge in [0.05, 0.1) is 12.1 Å². The van der Waals surface area contributed by atoms with Crippen molar-refractivity contribution in [2.75, 3.05) is 17.7 Å². The molecular weight excluding hydrogens is 428 g/mol. The Labute approximate surface area is 190 Å². The van der Waals surface area contributed by atoms with Crippen molar-refractivity contribution < 1.29 is 15.3 Å². The number of fused-ring (bicyclic) bond motifs is 1. The van der Waals surface area contributed by atoms with Crippen molar-refractivity contribution in [2.45, 2.75) is 67.7 Å². The first-order valence-corrected chi connectivity index (χ1v) is 12.1. The number of anilines is 1. The zero-order chi connectivity index (χ0) is 22.4. The molecule has 2 heterocycles. The molecule has 0 aliphatic heterocycles. The number of aliphatic hydroxyl groups excluding tert-OH is 3. The summed E-state index contributed by atoms with van der Waals surface area (Å²) in [5.74, 6) is 2.04. The topological polar surface area (TPSA) is 120 Å². The molecule has 10 heteroatoms. The molecule has 9 nitrogen and oxygen atoms in total. The Morgan fingerprint density at radius 3 is 2.56 bits per heavy atom. The van der Waals surface area contributed by atoms with E-state index in [-0.39, 0.29) is 6.42 Å². The number of hydrogen-bond acceptors (Lipinski definition) is 9. The largest absolute Gasteiger partial charge is 0.390 e. The van der Waals surface area contributed by atoms with E-state index in [1.54, 1.807) is 11.8 Å². The van der Waals surface area contributed by atoms with Gasteiger partial charge in [-0.2, -0.15) is 0 Å². The Hall–Kier alpha value is -2.27. The summed E-state index contributed by atoms with van der Waals surface area (Å²) in [7, 11) is 2.03. The van der Waals surface area contributed by atoms with Gasteiger partial charge in [0.1, 0.15) is 12.2 Å². The maximum Gasteiger partial charge on any atom is 0.191 e. The molecule has 0 bridgehead atoms. The lowest BCUT2D eigenvalue weighted by Crippen LogP contribution is -2.31. The standard InChI is InChI=1S/C22H28N6O3S/c1-3-9-32-22-23-20(27(2)14-10-13(14)12-7-5-4-6-8-12)17-21(24-22)28(26-25-17)15-11-16(29)19(31)18(15)30/h4-8,13-16,18-19,29-31H,3,9-11H2,1-2H3/t13?,14?,15-,16+,18+,19-/m0/s1. The van der Waals surface area contributed by atoms with Crippen LogP contribution < -0.4 is 4.90 Å². The quantitative estimate of drug-likeness (QED) is 0.361. The Balaban J connectivity index is 1.51. The van der Waals surface area contributed by atoms with Crippen molar-refractivity contribution in [3.05, 3.63) is 35.9 Å². The molecule has 2 saturated carbocycles. The van der Waals surface area contributed by atoms with Gasteiger partial charge in [-0.25, -0.2) is 14.6 Å². The van der Waals surface area contributed by atoms with Gasteiger partial charge in [0.25, 0.3) is 0 Å². The van der Waals surface area contributed by atoms with Crippen molar-refractivity contribution in [3.8, 4) is 0 Å². The lowest BCUT2D eigenvalue weighted by Gasteiger charge is -2.20. The van der Waals surface area contributed by atoms with Crippen LogP contribution in [0.5, 0.6) is 0 Å². The van der Waals surface area contributed by atoms with Crippen molar-refractivity contribution in [1.29, 1.82) is 0 Å². The normalized spacial score (nSPS) is 29.5. The zero-order valence-electron chi connectivity index (χ0n) is 18.1. The molecule has 32 heavy (non-hydrogen) atoms. The van der Waals surface area contributed by atoms with Gasteiger partial charge in [-0.1, -0.05) is 54.2 Å². The fourth-order valence-electron chi connectivity index (χ4n) is 4.57. The molecule has 1 aromatic carbocycles. The first-order chi connectivity index (χ1) is 15.5. The minimum atomic E-state index is -1.21. The van der Waals surface area contributed by atoms with Crippen LogP contribution >= 0.6 is 11.8 Å². The minimum absolute atomic E-state index is 0.187. The maximum absolute atomic E-state index is 10.4. The van der Waals surface area contributed by atoms with Gasteiger partial charge >= 0.3 is 0 Å². The van der Waals surface area contributed by atoms with Gasteiger partial charge in [0.15, 0.2) is 22.1 Å². The minimum Gasteiger partial charge on any atom is -0.390 e. The van der Waals surface area contributed by atoms with Gasteiger partial charge in [-0.05, 0) is 18.4 Å². The molecule has 2 aliphatic carbocycles. The number of aliphatic hydroxyl groups is 3. The lowest BCUT2D eigenvalue weighted by atomic mass is 10.1.